The summed E-state index contributed by atoms with van der Waals surface area (Å²) in [5, 5.41) is 0. The van der Waals surface area contributed by atoms with E-state index in [1.54, 1.807) is 0 Å². The van der Waals surface area contributed by atoms with E-state index in [1.165, 1.54) is 83.5 Å². The Morgan fingerprint density at radius 1 is 0.714 bits per heavy atom. The zero-order valence-corrected chi connectivity index (χ0v) is 14.6. The molecule has 124 valence electrons. The van der Waals surface area contributed by atoms with E-state index < -0.39 is 0 Å². The Morgan fingerprint density at radius 2 is 1.33 bits per heavy atom. The molecule has 0 atom stereocenters. The lowest BCUT2D eigenvalue weighted by atomic mass is 9.70. The third kappa shape index (κ3) is 5.93. The molecule has 0 N–H and O–H groups in total. The van der Waals surface area contributed by atoms with E-state index in [9.17, 15) is 0 Å². The van der Waals surface area contributed by atoms with Gasteiger partial charge in [0.25, 0.3) is 0 Å². The molecule has 0 saturated heterocycles. The maximum Gasteiger partial charge on any atom is 0.0575 e. The van der Waals surface area contributed by atoms with Crippen molar-refractivity contribution in [1.82, 2.24) is 0 Å². The molecule has 2 aliphatic carbocycles. The first kappa shape index (κ1) is 17.3. The summed E-state index contributed by atoms with van der Waals surface area (Å²) in [6.07, 6.45) is 19.5. The van der Waals surface area contributed by atoms with Gasteiger partial charge in [-0.25, -0.2) is 0 Å². The second-order valence-corrected chi connectivity index (χ2v) is 7.62. The van der Waals surface area contributed by atoms with Crippen molar-refractivity contribution >= 4 is 0 Å². The van der Waals surface area contributed by atoms with Gasteiger partial charge >= 0.3 is 0 Å². The SMILES string of the molecule is CCCCCCC1CCC([C@H]2CC[C@H](OCC)CC2)CC1. The smallest absolute Gasteiger partial charge is 0.0575 e. The molecule has 0 radical (unpaired) electrons. The molecule has 21 heavy (non-hydrogen) atoms. The average molecular weight is 295 g/mol. The molecular formula is C20H38O. The summed E-state index contributed by atoms with van der Waals surface area (Å²) in [4.78, 5) is 0. The van der Waals surface area contributed by atoms with Crippen molar-refractivity contribution in [3.8, 4) is 0 Å². The minimum Gasteiger partial charge on any atom is -0.379 e. The van der Waals surface area contributed by atoms with E-state index in [1.807, 2.05) is 0 Å². The van der Waals surface area contributed by atoms with Crippen LogP contribution in [0.5, 0.6) is 0 Å². The Bertz CT molecular complexity index is 247. The highest BCUT2D eigenvalue weighted by Crippen LogP contribution is 2.41. The zero-order chi connectivity index (χ0) is 14.9. The molecule has 2 fully saturated rings. The highest BCUT2D eigenvalue weighted by atomic mass is 16.5. The highest BCUT2D eigenvalue weighted by Gasteiger charge is 2.30. The lowest BCUT2D eigenvalue weighted by molar-refractivity contribution is 0.0134. The number of rotatable bonds is 8. The second-order valence-electron chi connectivity index (χ2n) is 7.62. The summed E-state index contributed by atoms with van der Waals surface area (Å²) in [5.74, 6) is 3.15. The largest absolute Gasteiger partial charge is 0.379 e. The number of hydrogen-bond donors (Lipinski definition) is 0. The summed E-state index contributed by atoms with van der Waals surface area (Å²) >= 11 is 0. The van der Waals surface area contributed by atoms with Gasteiger partial charge in [0, 0.05) is 6.61 Å². The third-order valence-corrected chi connectivity index (χ3v) is 6.15. The first-order valence-electron chi connectivity index (χ1n) is 9.95. The van der Waals surface area contributed by atoms with Crippen LogP contribution in [0.15, 0.2) is 0 Å². The molecule has 0 heterocycles. The van der Waals surface area contributed by atoms with Crippen molar-refractivity contribution in [2.24, 2.45) is 17.8 Å². The van der Waals surface area contributed by atoms with Gasteiger partial charge in [0.2, 0.25) is 0 Å². The Morgan fingerprint density at radius 3 is 1.90 bits per heavy atom. The van der Waals surface area contributed by atoms with Crippen LogP contribution in [0.3, 0.4) is 0 Å². The van der Waals surface area contributed by atoms with Gasteiger partial charge in [-0.1, -0.05) is 51.9 Å². The molecule has 0 aromatic heterocycles. The van der Waals surface area contributed by atoms with Gasteiger partial charge < -0.3 is 4.74 Å². The van der Waals surface area contributed by atoms with Crippen molar-refractivity contribution in [3.05, 3.63) is 0 Å². The summed E-state index contributed by atoms with van der Waals surface area (Å²) in [5.41, 5.74) is 0. The van der Waals surface area contributed by atoms with E-state index in [4.69, 9.17) is 4.74 Å². The molecule has 0 aliphatic heterocycles. The predicted molar refractivity (Wildman–Crippen MR) is 91.6 cm³/mol. The fourth-order valence-corrected chi connectivity index (χ4v) is 4.77. The van der Waals surface area contributed by atoms with Crippen LogP contribution in [0.4, 0.5) is 0 Å². The van der Waals surface area contributed by atoms with Crippen molar-refractivity contribution in [2.75, 3.05) is 6.61 Å². The van der Waals surface area contributed by atoms with Crippen LogP contribution in [0.25, 0.3) is 0 Å². The average Bonchev–Trinajstić information content (AvgIpc) is 2.53. The summed E-state index contributed by atoms with van der Waals surface area (Å²) < 4.78 is 5.80. The number of ether oxygens (including phenoxy) is 1. The standard InChI is InChI=1S/C20H38O/c1-3-5-6-7-8-17-9-11-18(12-10-17)19-13-15-20(16-14-19)21-4-2/h17-20H,3-16H2,1-2H3/t17?,18?,19-,20-. The fraction of sp³-hybridized carbons (Fsp3) is 1.00. The number of hydrogen-bond acceptors (Lipinski definition) is 1. The maximum absolute atomic E-state index is 5.80. The van der Waals surface area contributed by atoms with Gasteiger partial charge in [0.1, 0.15) is 0 Å². The summed E-state index contributed by atoms with van der Waals surface area (Å²) in [7, 11) is 0. The molecule has 2 aliphatic rings. The van der Waals surface area contributed by atoms with Crippen molar-refractivity contribution < 1.29 is 4.74 Å². The van der Waals surface area contributed by atoms with E-state index in [2.05, 4.69) is 13.8 Å². The minimum absolute atomic E-state index is 0.584. The Hall–Kier alpha value is -0.0400. The van der Waals surface area contributed by atoms with Crippen LogP contribution in [0, 0.1) is 17.8 Å². The lowest BCUT2D eigenvalue weighted by Gasteiger charge is -2.37. The van der Waals surface area contributed by atoms with Gasteiger partial charge in [-0.05, 0) is 63.2 Å². The van der Waals surface area contributed by atoms with E-state index >= 15 is 0 Å². The normalized spacial score (nSPS) is 34.0. The molecule has 0 amide bonds. The van der Waals surface area contributed by atoms with Gasteiger partial charge in [-0.15, -0.1) is 0 Å². The molecule has 0 aromatic rings. The monoisotopic (exact) mass is 294 g/mol. The first-order valence-corrected chi connectivity index (χ1v) is 9.95. The van der Waals surface area contributed by atoms with E-state index in [0.717, 1.165) is 24.4 Å². The fourth-order valence-electron chi connectivity index (χ4n) is 4.77. The minimum atomic E-state index is 0.584. The Labute approximate surface area is 133 Å². The van der Waals surface area contributed by atoms with Crippen LogP contribution in [-0.4, -0.2) is 12.7 Å². The molecular weight excluding hydrogens is 256 g/mol. The molecule has 1 heteroatoms. The second kappa shape index (κ2) is 9.87. The van der Waals surface area contributed by atoms with Crippen molar-refractivity contribution in [3.63, 3.8) is 0 Å². The van der Waals surface area contributed by atoms with Gasteiger partial charge in [-0.2, -0.15) is 0 Å². The van der Waals surface area contributed by atoms with Crippen LogP contribution in [0.1, 0.15) is 97.3 Å². The molecule has 0 bridgehead atoms. The third-order valence-electron chi connectivity index (χ3n) is 6.15. The lowest BCUT2D eigenvalue weighted by Crippen LogP contribution is -2.28. The predicted octanol–water partition coefficient (Wildman–Crippen LogP) is 6.36. The molecule has 0 aromatic carbocycles. The van der Waals surface area contributed by atoms with Crippen LogP contribution in [-0.2, 0) is 4.74 Å². The van der Waals surface area contributed by atoms with Crippen LogP contribution in [0.2, 0.25) is 0 Å². The molecule has 0 spiro atoms. The van der Waals surface area contributed by atoms with E-state index in [0.29, 0.717) is 6.10 Å². The zero-order valence-electron chi connectivity index (χ0n) is 14.6. The number of unbranched alkanes of at least 4 members (excludes halogenated alkanes) is 3. The molecule has 1 nitrogen and oxygen atoms in total. The Kier molecular flexibility index (Phi) is 8.14. The first-order chi connectivity index (χ1) is 10.3. The quantitative estimate of drug-likeness (QED) is 0.473. The molecule has 2 rings (SSSR count). The van der Waals surface area contributed by atoms with Gasteiger partial charge in [0.15, 0.2) is 0 Å². The topological polar surface area (TPSA) is 9.23 Å². The van der Waals surface area contributed by atoms with Crippen molar-refractivity contribution in [2.45, 2.75) is 103 Å². The molecule has 0 unspecified atom stereocenters. The summed E-state index contributed by atoms with van der Waals surface area (Å²) in [6, 6.07) is 0. The summed E-state index contributed by atoms with van der Waals surface area (Å²) in [6.45, 7) is 5.35. The molecule has 2 saturated carbocycles. The van der Waals surface area contributed by atoms with Crippen LogP contribution < -0.4 is 0 Å². The maximum atomic E-state index is 5.80. The van der Waals surface area contributed by atoms with Crippen molar-refractivity contribution in [1.29, 1.82) is 0 Å². The van der Waals surface area contributed by atoms with Gasteiger partial charge in [-0.3, -0.25) is 0 Å². The van der Waals surface area contributed by atoms with E-state index in [-0.39, 0.29) is 0 Å². The Balaban J connectivity index is 1.59. The van der Waals surface area contributed by atoms with Gasteiger partial charge in [0.05, 0.1) is 6.10 Å². The highest BCUT2D eigenvalue weighted by molar-refractivity contribution is 4.82. The van der Waals surface area contributed by atoms with Crippen LogP contribution >= 0.6 is 0 Å².